The van der Waals surface area contributed by atoms with E-state index in [9.17, 15) is 4.79 Å². The Balaban J connectivity index is 2.23. The highest BCUT2D eigenvalue weighted by Gasteiger charge is 2.14. The molecule has 0 aliphatic rings. The van der Waals surface area contributed by atoms with Gasteiger partial charge in [0.1, 0.15) is 23.7 Å². The minimum Gasteiger partial charge on any atom is -0.457 e. The number of esters is 1. The van der Waals surface area contributed by atoms with Crippen molar-refractivity contribution in [2.24, 2.45) is 0 Å². The van der Waals surface area contributed by atoms with Crippen LogP contribution in [0.4, 0.5) is 0 Å². The molecule has 0 aromatic carbocycles. The third-order valence-electron chi connectivity index (χ3n) is 2.13. The number of halogens is 1. The van der Waals surface area contributed by atoms with Gasteiger partial charge in [-0.1, -0.05) is 24.3 Å². The van der Waals surface area contributed by atoms with E-state index in [2.05, 4.69) is 21.8 Å². The molecule has 2 rings (SSSR count). The van der Waals surface area contributed by atoms with Gasteiger partial charge < -0.3 is 4.74 Å². The summed E-state index contributed by atoms with van der Waals surface area (Å²) in [6, 6.07) is 4.96. The van der Waals surface area contributed by atoms with E-state index >= 15 is 0 Å². The van der Waals surface area contributed by atoms with Gasteiger partial charge in [-0.2, -0.15) is 5.10 Å². The Labute approximate surface area is 108 Å². The molecule has 0 radical (unpaired) electrons. The summed E-state index contributed by atoms with van der Waals surface area (Å²) in [6.07, 6.45) is 3.09. The van der Waals surface area contributed by atoms with Crippen LogP contribution in [0, 0.1) is 0 Å². The SMILES string of the molecule is C=CCOC(=O)c1cc(-c2ncccc2Cl)n[nH]1. The zero-order valence-electron chi connectivity index (χ0n) is 9.39. The number of nitrogens with zero attached hydrogens (tertiary/aromatic N) is 2. The molecule has 0 bridgehead atoms. The van der Waals surface area contributed by atoms with Gasteiger partial charge in [-0.25, -0.2) is 4.79 Å². The fourth-order valence-electron chi connectivity index (χ4n) is 1.33. The van der Waals surface area contributed by atoms with E-state index < -0.39 is 5.97 Å². The van der Waals surface area contributed by atoms with Crippen molar-refractivity contribution in [2.45, 2.75) is 0 Å². The lowest BCUT2D eigenvalue weighted by molar-refractivity contribution is 0.0543. The smallest absolute Gasteiger partial charge is 0.356 e. The Kier molecular flexibility index (Phi) is 3.74. The Morgan fingerprint density at radius 1 is 1.61 bits per heavy atom. The summed E-state index contributed by atoms with van der Waals surface area (Å²) >= 11 is 5.99. The van der Waals surface area contributed by atoms with Crippen LogP contribution in [0.3, 0.4) is 0 Å². The van der Waals surface area contributed by atoms with Crippen molar-refractivity contribution in [3.63, 3.8) is 0 Å². The van der Waals surface area contributed by atoms with Gasteiger partial charge in [0.05, 0.1) is 5.02 Å². The molecule has 2 heterocycles. The summed E-state index contributed by atoms with van der Waals surface area (Å²) < 4.78 is 4.88. The first kappa shape index (κ1) is 12.3. The number of hydrogen-bond donors (Lipinski definition) is 1. The molecule has 0 spiro atoms. The van der Waals surface area contributed by atoms with Crippen molar-refractivity contribution in [1.82, 2.24) is 15.2 Å². The largest absolute Gasteiger partial charge is 0.457 e. The molecule has 6 heteroatoms. The molecule has 2 aromatic heterocycles. The van der Waals surface area contributed by atoms with E-state index in [0.29, 0.717) is 16.4 Å². The molecule has 0 aliphatic heterocycles. The van der Waals surface area contributed by atoms with Gasteiger partial charge in [-0.05, 0) is 12.1 Å². The number of ether oxygens (including phenoxy) is 1. The normalized spacial score (nSPS) is 10.1. The minimum absolute atomic E-state index is 0.150. The second kappa shape index (κ2) is 5.46. The molecule has 2 aromatic rings. The van der Waals surface area contributed by atoms with Gasteiger partial charge in [0.25, 0.3) is 0 Å². The van der Waals surface area contributed by atoms with Gasteiger partial charge >= 0.3 is 5.97 Å². The molecular weight excluding hydrogens is 254 g/mol. The third kappa shape index (κ3) is 2.57. The molecule has 1 N–H and O–H groups in total. The zero-order chi connectivity index (χ0) is 13.0. The van der Waals surface area contributed by atoms with E-state index in [1.54, 1.807) is 24.4 Å². The van der Waals surface area contributed by atoms with Crippen LogP contribution in [-0.2, 0) is 4.74 Å². The van der Waals surface area contributed by atoms with Crippen LogP contribution in [0.25, 0.3) is 11.4 Å². The Bertz CT molecular complexity index is 580. The predicted octanol–water partition coefficient (Wildman–Crippen LogP) is 2.47. The molecule has 18 heavy (non-hydrogen) atoms. The number of rotatable bonds is 4. The van der Waals surface area contributed by atoms with Gasteiger partial charge in [0.2, 0.25) is 0 Å². The van der Waals surface area contributed by atoms with Crippen molar-refractivity contribution >= 4 is 17.6 Å². The van der Waals surface area contributed by atoms with Crippen molar-refractivity contribution in [1.29, 1.82) is 0 Å². The second-order valence-corrected chi connectivity index (χ2v) is 3.80. The van der Waals surface area contributed by atoms with Crippen LogP contribution in [-0.4, -0.2) is 27.8 Å². The summed E-state index contributed by atoms with van der Waals surface area (Å²) in [7, 11) is 0. The quantitative estimate of drug-likeness (QED) is 0.680. The number of pyridine rings is 1. The van der Waals surface area contributed by atoms with Crippen molar-refractivity contribution < 1.29 is 9.53 Å². The monoisotopic (exact) mass is 263 g/mol. The summed E-state index contributed by atoms with van der Waals surface area (Å²) in [5.74, 6) is -0.499. The standard InChI is InChI=1S/C12H10ClN3O2/c1-2-6-18-12(17)10-7-9(15-16-10)11-8(13)4-3-5-14-11/h2-5,7H,1,6H2,(H,15,16). The lowest BCUT2D eigenvalue weighted by Gasteiger charge is -1.97. The first-order valence-electron chi connectivity index (χ1n) is 5.16. The molecule has 0 amide bonds. The van der Waals surface area contributed by atoms with Crippen molar-refractivity contribution in [3.8, 4) is 11.4 Å². The Hall–Kier alpha value is -2.14. The Morgan fingerprint density at radius 3 is 3.17 bits per heavy atom. The fourth-order valence-corrected chi connectivity index (χ4v) is 1.55. The predicted molar refractivity (Wildman–Crippen MR) is 67.3 cm³/mol. The highest BCUT2D eigenvalue weighted by atomic mass is 35.5. The first-order chi connectivity index (χ1) is 8.72. The molecule has 0 unspecified atom stereocenters. The van der Waals surface area contributed by atoms with E-state index in [1.807, 2.05) is 0 Å². The maximum Gasteiger partial charge on any atom is 0.356 e. The number of aromatic nitrogens is 3. The summed E-state index contributed by atoms with van der Waals surface area (Å²) in [6.45, 7) is 3.61. The molecular formula is C12H10ClN3O2. The molecule has 92 valence electrons. The molecule has 0 saturated heterocycles. The average Bonchev–Trinajstić information content (AvgIpc) is 2.86. The molecule has 0 aliphatic carbocycles. The lowest BCUT2D eigenvalue weighted by atomic mass is 10.2. The number of nitrogens with one attached hydrogen (secondary N) is 1. The van der Waals surface area contributed by atoms with Crippen LogP contribution >= 0.6 is 11.6 Å². The number of H-pyrrole nitrogens is 1. The van der Waals surface area contributed by atoms with Crippen molar-refractivity contribution in [3.05, 3.63) is 47.8 Å². The van der Waals surface area contributed by atoms with Crippen LogP contribution in [0.1, 0.15) is 10.5 Å². The van der Waals surface area contributed by atoms with Gasteiger partial charge in [-0.15, -0.1) is 0 Å². The number of carbonyl (C=O) groups excluding carboxylic acids is 1. The second-order valence-electron chi connectivity index (χ2n) is 3.39. The maximum atomic E-state index is 11.5. The number of hydrogen-bond acceptors (Lipinski definition) is 4. The maximum absolute atomic E-state index is 11.5. The van der Waals surface area contributed by atoms with Gasteiger partial charge in [-0.3, -0.25) is 10.1 Å². The summed E-state index contributed by atoms with van der Waals surface area (Å²) in [4.78, 5) is 15.6. The number of aromatic amines is 1. The van der Waals surface area contributed by atoms with Crippen molar-refractivity contribution in [2.75, 3.05) is 6.61 Å². The third-order valence-corrected chi connectivity index (χ3v) is 2.44. The van der Waals surface area contributed by atoms with Gasteiger partial charge in [0.15, 0.2) is 0 Å². The van der Waals surface area contributed by atoms with Crippen LogP contribution < -0.4 is 0 Å². The topological polar surface area (TPSA) is 67.9 Å². The van der Waals surface area contributed by atoms with Crippen LogP contribution in [0.2, 0.25) is 5.02 Å². The zero-order valence-corrected chi connectivity index (χ0v) is 10.1. The summed E-state index contributed by atoms with van der Waals surface area (Å²) in [5, 5.41) is 7.03. The molecule has 0 saturated carbocycles. The first-order valence-corrected chi connectivity index (χ1v) is 5.54. The molecule has 5 nitrogen and oxygen atoms in total. The van der Waals surface area contributed by atoms with Gasteiger partial charge in [0, 0.05) is 12.3 Å². The molecule has 0 fully saturated rings. The lowest BCUT2D eigenvalue weighted by Crippen LogP contribution is -2.05. The van der Waals surface area contributed by atoms with Crippen LogP contribution in [0.15, 0.2) is 37.1 Å². The summed E-state index contributed by atoms with van der Waals surface area (Å²) in [5.41, 5.74) is 1.25. The van der Waals surface area contributed by atoms with E-state index in [1.165, 1.54) is 6.08 Å². The van der Waals surface area contributed by atoms with E-state index in [-0.39, 0.29) is 12.3 Å². The van der Waals surface area contributed by atoms with E-state index in [4.69, 9.17) is 16.3 Å². The highest BCUT2D eigenvalue weighted by Crippen LogP contribution is 2.23. The van der Waals surface area contributed by atoms with E-state index in [0.717, 1.165) is 0 Å². The molecule has 0 atom stereocenters. The fraction of sp³-hybridized carbons (Fsp3) is 0.0833. The highest BCUT2D eigenvalue weighted by molar-refractivity contribution is 6.32. The minimum atomic E-state index is -0.499. The van der Waals surface area contributed by atoms with Crippen LogP contribution in [0.5, 0.6) is 0 Å². The average molecular weight is 264 g/mol. The number of carbonyl (C=O) groups is 1. The Morgan fingerprint density at radius 2 is 2.44 bits per heavy atom.